The summed E-state index contributed by atoms with van der Waals surface area (Å²) in [6.45, 7) is 0.288. The maximum absolute atomic E-state index is 10.6. The van der Waals surface area contributed by atoms with Gasteiger partial charge in [-0.05, 0) is 12.8 Å². The summed E-state index contributed by atoms with van der Waals surface area (Å²) in [5.74, 6) is 1.83. The smallest absolute Gasteiger partial charge is 0.408 e. The summed E-state index contributed by atoms with van der Waals surface area (Å²) in [5.41, 5.74) is 0.155. The molecule has 1 saturated carbocycles. The highest BCUT2D eigenvalue weighted by molar-refractivity contribution is 5.75. The van der Waals surface area contributed by atoms with E-state index in [1.807, 2.05) is 5.94 Å². The predicted octanol–water partition coefficient (Wildman–Crippen LogP) is 0.0168. The highest BCUT2D eigenvalue weighted by Gasteiger charge is 2.49. The van der Waals surface area contributed by atoms with Gasteiger partial charge in [0.05, 0.1) is 0 Å². The van der Waals surface area contributed by atoms with Crippen LogP contribution in [0.2, 0.25) is 0 Å². The van der Waals surface area contributed by atoms with Crippen molar-refractivity contribution in [1.82, 2.24) is 5.32 Å². The monoisotopic (exact) mass is 153 g/mol. The summed E-state index contributed by atoms with van der Waals surface area (Å²) in [6, 6.07) is 0. The van der Waals surface area contributed by atoms with E-state index in [9.17, 15) is 9.59 Å². The van der Waals surface area contributed by atoms with E-state index in [0.29, 0.717) is 5.57 Å². The molecule has 4 nitrogen and oxygen atoms in total. The van der Waals surface area contributed by atoms with Crippen LogP contribution in [0.15, 0.2) is 5.57 Å². The number of ether oxygens (including phenoxy) is 1. The number of carbonyl (C=O) groups is 1. The Kier molecular flexibility index (Phi) is 1.09. The first-order valence-electron chi connectivity index (χ1n) is 3.46. The van der Waals surface area contributed by atoms with Crippen molar-refractivity contribution in [3.05, 3.63) is 5.57 Å². The average molecular weight is 153 g/mol. The van der Waals surface area contributed by atoms with Gasteiger partial charge in [-0.15, -0.1) is 0 Å². The zero-order valence-corrected chi connectivity index (χ0v) is 5.85. The molecule has 0 aromatic carbocycles. The molecular formula is C7H7NO3. The Morgan fingerprint density at radius 1 is 1.64 bits per heavy atom. The highest BCUT2D eigenvalue weighted by Crippen LogP contribution is 2.38. The minimum absolute atomic E-state index is 0.288. The normalized spacial score (nSPS) is 34.2. The molecule has 1 atom stereocenters. The summed E-state index contributed by atoms with van der Waals surface area (Å²) in [6.07, 6.45) is 1.09. The van der Waals surface area contributed by atoms with Gasteiger partial charge in [-0.1, -0.05) is 0 Å². The van der Waals surface area contributed by atoms with E-state index in [1.54, 1.807) is 0 Å². The largest absolute Gasteiger partial charge is 0.447 e. The molecule has 0 radical (unpaired) electrons. The maximum atomic E-state index is 10.6. The Balaban J connectivity index is 2.25. The molecule has 0 aromatic heterocycles. The fourth-order valence-corrected chi connectivity index (χ4v) is 1.45. The van der Waals surface area contributed by atoms with E-state index in [1.165, 1.54) is 0 Å². The lowest BCUT2D eigenvalue weighted by Gasteiger charge is -2.35. The van der Waals surface area contributed by atoms with Crippen LogP contribution >= 0.6 is 0 Å². The minimum atomic E-state index is -0.473. The van der Waals surface area contributed by atoms with E-state index in [0.717, 1.165) is 12.8 Å². The zero-order valence-electron chi connectivity index (χ0n) is 5.85. The van der Waals surface area contributed by atoms with E-state index in [2.05, 4.69) is 5.32 Å². The lowest BCUT2D eigenvalue weighted by molar-refractivity contribution is 0.170. The van der Waals surface area contributed by atoms with Gasteiger partial charge in [-0.3, -0.25) is 0 Å². The van der Waals surface area contributed by atoms with Crippen LogP contribution in [0.25, 0.3) is 0 Å². The molecule has 1 N–H and O–H groups in total. The van der Waals surface area contributed by atoms with Crippen LogP contribution in [0.1, 0.15) is 12.8 Å². The summed E-state index contributed by atoms with van der Waals surface area (Å²) in [4.78, 5) is 20.9. The van der Waals surface area contributed by atoms with Crippen LogP contribution in [-0.2, 0) is 9.53 Å². The predicted molar refractivity (Wildman–Crippen MR) is 35.7 cm³/mol. The minimum Gasteiger partial charge on any atom is -0.447 e. The molecule has 2 rings (SSSR count). The third-order valence-electron chi connectivity index (χ3n) is 2.29. The summed E-state index contributed by atoms with van der Waals surface area (Å²) in [7, 11) is 0. The molecule has 1 aliphatic carbocycles. The molecule has 0 aromatic rings. The fraction of sp³-hybridized carbons (Fsp3) is 0.571. The molecule has 1 aliphatic heterocycles. The Bertz CT molecular complexity index is 267. The molecule has 1 spiro atoms. The zero-order chi connectivity index (χ0) is 7.90. The SMILES string of the molecule is O=C=C1CCC12COC(=O)N2. The number of alkyl carbamates (subject to hydrolysis) is 1. The standard InChI is InChI=1S/C7H7NO3/c9-3-5-1-2-7(5)4-11-6(10)8-7/h1-2,4H2,(H,8,10). The lowest BCUT2D eigenvalue weighted by atomic mass is 9.73. The van der Waals surface area contributed by atoms with E-state index in [-0.39, 0.29) is 6.61 Å². The number of rotatable bonds is 0. The van der Waals surface area contributed by atoms with Crippen molar-refractivity contribution in [3.8, 4) is 0 Å². The van der Waals surface area contributed by atoms with Crippen LogP contribution in [-0.4, -0.2) is 24.2 Å². The van der Waals surface area contributed by atoms with Gasteiger partial charge in [0.25, 0.3) is 0 Å². The van der Waals surface area contributed by atoms with Gasteiger partial charge in [0, 0.05) is 5.57 Å². The van der Waals surface area contributed by atoms with Crippen LogP contribution in [0.5, 0.6) is 0 Å². The molecule has 58 valence electrons. The fourth-order valence-electron chi connectivity index (χ4n) is 1.45. The average Bonchev–Trinajstić information content (AvgIpc) is 2.33. The van der Waals surface area contributed by atoms with Crippen molar-refractivity contribution < 1.29 is 14.3 Å². The van der Waals surface area contributed by atoms with Crippen LogP contribution in [0, 0.1) is 0 Å². The third kappa shape index (κ3) is 0.700. The van der Waals surface area contributed by atoms with E-state index in [4.69, 9.17) is 4.74 Å². The summed E-state index contributed by atoms with van der Waals surface area (Å²) < 4.78 is 4.69. The van der Waals surface area contributed by atoms with Gasteiger partial charge in [0.2, 0.25) is 0 Å². The molecule has 1 unspecified atom stereocenters. The van der Waals surface area contributed by atoms with Crippen molar-refractivity contribution in [2.75, 3.05) is 6.61 Å². The highest BCUT2D eigenvalue weighted by atomic mass is 16.6. The quantitative estimate of drug-likeness (QED) is 0.499. The number of cyclic esters (lactones) is 1. The molecule has 2 aliphatic rings. The van der Waals surface area contributed by atoms with Crippen LogP contribution in [0.4, 0.5) is 4.79 Å². The Labute approximate surface area is 63.2 Å². The molecular weight excluding hydrogens is 146 g/mol. The summed E-state index contributed by atoms with van der Waals surface area (Å²) in [5, 5.41) is 2.61. The number of hydrogen-bond donors (Lipinski definition) is 1. The molecule has 2 fully saturated rings. The molecule has 1 saturated heterocycles. The second kappa shape index (κ2) is 1.86. The van der Waals surface area contributed by atoms with Crippen molar-refractivity contribution in [2.24, 2.45) is 0 Å². The van der Waals surface area contributed by atoms with Crippen molar-refractivity contribution >= 4 is 12.0 Å². The molecule has 11 heavy (non-hydrogen) atoms. The number of amides is 1. The van der Waals surface area contributed by atoms with Gasteiger partial charge >= 0.3 is 6.09 Å². The molecule has 1 heterocycles. The van der Waals surface area contributed by atoms with Gasteiger partial charge in [-0.2, -0.15) is 0 Å². The number of nitrogens with one attached hydrogen (secondary N) is 1. The van der Waals surface area contributed by atoms with Crippen molar-refractivity contribution in [1.29, 1.82) is 0 Å². The Morgan fingerprint density at radius 3 is 2.82 bits per heavy atom. The van der Waals surface area contributed by atoms with Gasteiger partial charge in [0.15, 0.2) is 0 Å². The first-order chi connectivity index (χ1) is 5.27. The third-order valence-corrected chi connectivity index (χ3v) is 2.29. The van der Waals surface area contributed by atoms with Gasteiger partial charge < -0.3 is 10.1 Å². The number of hydrogen-bond acceptors (Lipinski definition) is 3. The Hall–Kier alpha value is -1.28. The molecule has 0 bridgehead atoms. The first kappa shape index (κ1) is 6.43. The Morgan fingerprint density at radius 2 is 2.45 bits per heavy atom. The topological polar surface area (TPSA) is 55.4 Å². The summed E-state index contributed by atoms with van der Waals surface area (Å²) >= 11 is 0. The molecule has 4 heteroatoms. The number of carbonyl (C=O) groups excluding carboxylic acids is 2. The lowest BCUT2D eigenvalue weighted by Crippen LogP contribution is -2.51. The van der Waals surface area contributed by atoms with E-state index < -0.39 is 11.6 Å². The van der Waals surface area contributed by atoms with Crippen LogP contribution in [0.3, 0.4) is 0 Å². The van der Waals surface area contributed by atoms with Crippen LogP contribution < -0.4 is 5.32 Å². The first-order valence-corrected chi connectivity index (χ1v) is 3.46. The van der Waals surface area contributed by atoms with E-state index >= 15 is 0 Å². The van der Waals surface area contributed by atoms with Gasteiger partial charge in [0.1, 0.15) is 18.1 Å². The van der Waals surface area contributed by atoms with Crippen molar-refractivity contribution in [2.45, 2.75) is 18.4 Å². The second-order valence-corrected chi connectivity index (χ2v) is 2.86. The second-order valence-electron chi connectivity index (χ2n) is 2.86. The maximum Gasteiger partial charge on any atom is 0.408 e. The van der Waals surface area contributed by atoms with Crippen molar-refractivity contribution in [3.63, 3.8) is 0 Å². The van der Waals surface area contributed by atoms with Gasteiger partial charge in [-0.25, -0.2) is 9.59 Å². The molecule has 1 amide bonds.